The lowest BCUT2D eigenvalue weighted by atomic mass is 9.81. The van der Waals surface area contributed by atoms with Crippen LogP contribution in [0.1, 0.15) is 52.4 Å². The number of rotatable bonds is 7. The van der Waals surface area contributed by atoms with Crippen LogP contribution in [0.5, 0.6) is 0 Å². The van der Waals surface area contributed by atoms with E-state index >= 15 is 0 Å². The molecular weight excluding hydrogens is 242 g/mol. The quantitative estimate of drug-likeness (QED) is 0.612. The Labute approximate surface area is 116 Å². The van der Waals surface area contributed by atoms with Gasteiger partial charge in [-0.15, -0.1) is 0 Å². The van der Waals surface area contributed by atoms with Crippen molar-refractivity contribution in [2.75, 3.05) is 0 Å². The van der Waals surface area contributed by atoms with Gasteiger partial charge in [0.15, 0.2) is 0 Å². The molecule has 0 aliphatic heterocycles. The number of aliphatic hydroxyl groups is 2. The smallest absolute Gasteiger partial charge is 0.126 e. The molecule has 1 aliphatic rings. The third-order valence-electron chi connectivity index (χ3n) is 4.44. The second kappa shape index (κ2) is 7.98. The molecule has 0 amide bonds. The van der Waals surface area contributed by atoms with Gasteiger partial charge in [0.25, 0.3) is 0 Å². The first-order valence-corrected chi connectivity index (χ1v) is 7.54. The molecule has 4 unspecified atom stereocenters. The number of aldehydes is 1. The molecule has 4 atom stereocenters. The third kappa shape index (κ3) is 4.86. The standard InChI is InChI=1S/C15H29NO3/c1-10(2)12(9-17)14(18)15(19)13(16)8-11-6-4-3-5-7-11/h9-15,18-19H,3-8,16H2,1-2H3. The molecule has 0 radical (unpaired) electrons. The van der Waals surface area contributed by atoms with Gasteiger partial charge in [0.05, 0.1) is 12.2 Å². The van der Waals surface area contributed by atoms with E-state index in [1.54, 1.807) is 0 Å². The number of carbonyl (C=O) groups is 1. The van der Waals surface area contributed by atoms with E-state index in [9.17, 15) is 15.0 Å². The Morgan fingerprint density at radius 3 is 2.21 bits per heavy atom. The van der Waals surface area contributed by atoms with Gasteiger partial charge < -0.3 is 20.7 Å². The van der Waals surface area contributed by atoms with Crippen LogP contribution in [0.25, 0.3) is 0 Å². The summed E-state index contributed by atoms with van der Waals surface area (Å²) in [5.74, 6) is 0.00997. The van der Waals surface area contributed by atoms with Gasteiger partial charge in [-0.1, -0.05) is 46.0 Å². The minimum atomic E-state index is -1.06. The molecule has 4 heteroatoms. The zero-order valence-corrected chi connectivity index (χ0v) is 12.2. The summed E-state index contributed by atoms with van der Waals surface area (Å²) in [5, 5.41) is 20.2. The Morgan fingerprint density at radius 1 is 1.16 bits per heavy atom. The molecule has 19 heavy (non-hydrogen) atoms. The van der Waals surface area contributed by atoms with E-state index in [0.29, 0.717) is 5.92 Å². The van der Waals surface area contributed by atoms with Crippen LogP contribution < -0.4 is 5.73 Å². The summed E-state index contributed by atoms with van der Waals surface area (Å²) in [7, 11) is 0. The molecule has 4 nitrogen and oxygen atoms in total. The van der Waals surface area contributed by atoms with Gasteiger partial charge in [0.2, 0.25) is 0 Å². The Kier molecular flexibility index (Phi) is 6.97. The first kappa shape index (κ1) is 16.6. The van der Waals surface area contributed by atoms with Crippen molar-refractivity contribution < 1.29 is 15.0 Å². The normalized spacial score (nSPS) is 23.9. The van der Waals surface area contributed by atoms with E-state index in [0.717, 1.165) is 25.5 Å². The van der Waals surface area contributed by atoms with E-state index < -0.39 is 24.2 Å². The van der Waals surface area contributed by atoms with Crippen molar-refractivity contribution in [3.63, 3.8) is 0 Å². The van der Waals surface area contributed by atoms with Crippen LogP contribution in [0.15, 0.2) is 0 Å². The lowest BCUT2D eigenvalue weighted by molar-refractivity contribution is -0.121. The molecule has 0 heterocycles. The van der Waals surface area contributed by atoms with Crippen LogP contribution in [0.4, 0.5) is 0 Å². The Balaban J connectivity index is 2.49. The van der Waals surface area contributed by atoms with Crippen LogP contribution in [0.2, 0.25) is 0 Å². The second-order valence-electron chi connectivity index (χ2n) is 6.34. The zero-order chi connectivity index (χ0) is 14.4. The molecule has 1 aliphatic carbocycles. The van der Waals surface area contributed by atoms with Crippen LogP contribution in [0.3, 0.4) is 0 Å². The molecule has 0 spiro atoms. The molecule has 0 bridgehead atoms. The minimum absolute atomic E-state index is 0.00373. The maximum Gasteiger partial charge on any atom is 0.126 e. The summed E-state index contributed by atoms with van der Waals surface area (Å²) < 4.78 is 0. The highest BCUT2D eigenvalue weighted by Crippen LogP contribution is 2.28. The van der Waals surface area contributed by atoms with Crippen molar-refractivity contribution in [2.45, 2.75) is 70.6 Å². The average molecular weight is 271 g/mol. The lowest BCUT2D eigenvalue weighted by Crippen LogP contribution is -2.48. The fourth-order valence-electron chi connectivity index (χ4n) is 3.06. The SMILES string of the molecule is CC(C)C(C=O)C(O)C(O)C(N)CC1CCCCC1. The Morgan fingerprint density at radius 2 is 1.74 bits per heavy atom. The van der Waals surface area contributed by atoms with E-state index in [1.807, 2.05) is 13.8 Å². The molecule has 1 rings (SSSR count). The summed E-state index contributed by atoms with van der Waals surface area (Å²) in [6.07, 6.45) is 5.48. The van der Waals surface area contributed by atoms with Crippen molar-refractivity contribution in [3.05, 3.63) is 0 Å². The van der Waals surface area contributed by atoms with Crippen molar-refractivity contribution in [1.29, 1.82) is 0 Å². The van der Waals surface area contributed by atoms with Crippen molar-refractivity contribution in [2.24, 2.45) is 23.5 Å². The summed E-state index contributed by atoms with van der Waals surface area (Å²) in [5.41, 5.74) is 6.02. The highest BCUT2D eigenvalue weighted by atomic mass is 16.3. The van der Waals surface area contributed by atoms with Crippen LogP contribution in [-0.2, 0) is 4.79 Å². The molecule has 112 valence electrons. The number of carbonyl (C=O) groups excluding carboxylic acids is 1. The van der Waals surface area contributed by atoms with Crippen molar-refractivity contribution in [3.8, 4) is 0 Å². The van der Waals surface area contributed by atoms with Gasteiger partial charge in [-0.25, -0.2) is 0 Å². The van der Waals surface area contributed by atoms with Gasteiger partial charge in [0.1, 0.15) is 6.29 Å². The average Bonchev–Trinajstić information content (AvgIpc) is 2.39. The van der Waals surface area contributed by atoms with E-state index in [2.05, 4.69) is 0 Å². The zero-order valence-electron chi connectivity index (χ0n) is 12.2. The van der Waals surface area contributed by atoms with Gasteiger partial charge in [0, 0.05) is 12.0 Å². The first-order valence-electron chi connectivity index (χ1n) is 7.54. The Bertz CT molecular complexity index is 264. The Hall–Kier alpha value is -0.450. The number of nitrogens with two attached hydrogens (primary N) is 1. The maximum atomic E-state index is 11.0. The van der Waals surface area contributed by atoms with E-state index in [-0.39, 0.29) is 5.92 Å². The lowest BCUT2D eigenvalue weighted by Gasteiger charge is -2.32. The van der Waals surface area contributed by atoms with Crippen molar-refractivity contribution in [1.82, 2.24) is 0 Å². The van der Waals surface area contributed by atoms with Crippen LogP contribution in [-0.4, -0.2) is 34.7 Å². The van der Waals surface area contributed by atoms with Gasteiger partial charge in [-0.05, 0) is 18.3 Å². The molecule has 4 N–H and O–H groups in total. The fourth-order valence-corrected chi connectivity index (χ4v) is 3.06. The monoisotopic (exact) mass is 271 g/mol. The minimum Gasteiger partial charge on any atom is -0.390 e. The molecule has 1 saturated carbocycles. The van der Waals surface area contributed by atoms with E-state index in [1.165, 1.54) is 19.3 Å². The van der Waals surface area contributed by atoms with Gasteiger partial charge in [-0.3, -0.25) is 0 Å². The van der Waals surface area contributed by atoms with E-state index in [4.69, 9.17) is 5.73 Å². The molecule has 0 aromatic carbocycles. The van der Waals surface area contributed by atoms with Crippen molar-refractivity contribution >= 4 is 6.29 Å². The number of hydrogen-bond acceptors (Lipinski definition) is 4. The summed E-state index contributed by atoms with van der Waals surface area (Å²) in [6.45, 7) is 3.73. The summed E-state index contributed by atoms with van der Waals surface area (Å²) in [6, 6.07) is -0.445. The molecule has 0 aromatic heterocycles. The molecular formula is C15H29NO3. The van der Waals surface area contributed by atoms with Crippen LogP contribution in [0, 0.1) is 17.8 Å². The highest BCUT2D eigenvalue weighted by molar-refractivity contribution is 5.55. The number of hydrogen-bond donors (Lipinski definition) is 3. The number of aliphatic hydroxyl groups excluding tert-OH is 2. The summed E-state index contributed by atoms with van der Waals surface area (Å²) >= 11 is 0. The third-order valence-corrected chi connectivity index (χ3v) is 4.44. The largest absolute Gasteiger partial charge is 0.390 e. The predicted molar refractivity (Wildman–Crippen MR) is 75.6 cm³/mol. The first-order chi connectivity index (χ1) is 8.97. The summed E-state index contributed by atoms with van der Waals surface area (Å²) in [4.78, 5) is 11.0. The molecule has 1 fully saturated rings. The highest BCUT2D eigenvalue weighted by Gasteiger charge is 2.33. The molecule has 0 saturated heterocycles. The second-order valence-corrected chi connectivity index (χ2v) is 6.34. The molecule has 0 aromatic rings. The van der Waals surface area contributed by atoms with Crippen LogP contribution >= 0.6 is 0 Å². The maximum absolute atomic E-state index is 11.0. The van der Waals surface area contributed by atoms with Gasteiger partial charge >= 0.3 is 0 Å². The van der Waals surface area contributed by atoms with Gasteiger partial charge in [-0.2, -0.15) is 0 Å². The predicted octanol–water partition coefficient (Wildman–Crippen LogP) is 1.48. The fraction of sp³-hybridized carbons (Fsp3) is 0.933. The topological polar surface area (TPSA) is 83.5 Å².